The first-order valence-electron chi connectivity index (χ1n) is 34.2. The molecule has 2 spiro atoms. The fraction of sp³-hybridized carbons (Fsp3) is 0.855. The van der Waals surface area contributed by atoms with Crippen molar-refractivity contribution < 1.29 is 57.3 Å². The van der Waals surface area contributed by atoms with Crippen molar-refractivity contribution in [2.75, 3.05) is 0 Å². The van der Waals surface area contributed by atoms with Gasteiger partial charge in [0.05, 0.1) is 86.1 Å². The highest BCUT2D eigenvalue weighted by Crippen LogP contribution is 2.52. The Morgan fingerprint density at radius 1 is 0.375 bits per heavy atom. The van der Waals surface area contributed by atoms with Gasteiger partial charge in [-0.2, -0.15) is 0 Å². The zero-order chi connectivity index (χ0) is 85.0. The van der Waals surface area contributed by atoms with Gasteiger partial charge in [-0.15, -0.1) is 0 Å². The van der Waals surface area contributed by atoms with Crippen LogP contribution in [-0.2, 0) is 539 Å². The van der Waals surface area contributed by atoms with Gasteiger partial charge in [-0.05, 0) is 52.9 Å². The quantitative estimate of drug-likeness (QED) is 0.222. The van der Waals surface area contributed by atoms with Crippen molar-refractivity contribution in [3.8, 4) is 0 Å². The Balaban J connectivity index is 0.000000338. The predicted molar refractivity (Wildman–Crippen MR) is 647 cm³/mol. The van der Waals surface area contributed by atoms with Gasteiger partial charge in [0.25, 0.3) is 0 Å². The second-order valence-corrected chi connectivity index (χ2v) is 112. The van der Waals surface area contributed by atoms with Crippen LogP contribution in [0.2, 0.25) is 0 Å². The van der Waals surface area contributed by atoms with Gasteiger partial charge in [-0.1, -0.05) is 127 Å². The number of carbonyl (C=O) groups excluding carboxylic acids is 1. The van der Waals surface area contributed by atoms with Crippen molar-refractivity contribution in [1.29, 1.82) is 0 Å². The van der Waals surface area contributed by atoms with Crippen LogP contribution in [0, 0.1) is 47.3 Å². The Labute approximate surface area is 867 Å². The largest absolute Gasteiger partial charge is 0.481 e. The van der Waals surface area contributed by atoms with E-state index in [1.165, 1.54) is 35.5 Å². The molecule has 0 bridgehead atoms. The van der Waals surface area contributed by atoms with Gasteiger partial charge in [0.15, 0.2) is 11.6 Å². The van der Waals surface area contributed by atoms with E-state index < -0.39 is 17.5 Å². The zero-order valence-corrected chi connectivity index (χ0v) is 106. The molecule has 0 amide bonds. The third kappa shape index (κ3) is 50.3. The summed E-state index contributed by atoms with van der Waals surface area (Å²) >= 11 is 19.1. The van der Waals surface area contributed by atoms with Gasteiger partial charge in [0.2, 0.25) is 0 Å². The Kier molecular flexibility index (Phi) is 76.5. The number of hydrogen-bond donors (Lipinski definition) is 1. The van der Waals surface area contributed by atoms with E-state index in [2.05, 4.69) is 69.2 Å². The minimum Gasteiger partial charge on any atom is -0.481 e. The van der Waals surface area contributed by atoms with Crippen molar-refractivity contribution in [3.05, 3.63) is 35.9 Å². The number of carboxylic acid groups (broad SMARTS) is 1. The van der Waals surface area contributed by atoms with E-state index >= 15 is 0 Å². The molecule has 8 saturated heterocycles. The van der Waals surface area contributed by atoms with E-state index in [1.54, 1.807) is 249 Å². The van der Waals surface area contributed by atoms with Crippen LogP contribution in [0.15, 0.2) is 30.3 Å². The second-order valence-electron chi connectivity index (χ2n) is 25.6. The van der Waals surface area contributed by atoms with E-state index in [0.717, 1.165) is 69.8 Å². The summed E-state index contributed by atoms with van der Waals surface area (Å²) in [6.07, 6.45) is 9.91. The minimum atomic E-state index is -0.813. The number of ether oxygens (including phenoxy) is 9. The van der Waals surface area contributed by atoms with Crippen molar-refractivity contribution in [1.82, 2.24) is 0 Å². The van der Waals surface area contributed by atoms with Crippen LogP contribution in [0.3, 0.4) is 0 Å². The van der Waals surface area contributed by atoms with Crippen LogP contribution < -0.4 is 0 Å². The van der Waals surface area contributed by atoms with Crippen molar-refractivity contribution >= 4 is 492 Å². The smallest absolute Gasteiger partial charge is 0.308 e. The average Bonchev–Trinajstić information content (AvgIpc) is 1.15. The third-order valence-corrected chi connectivity index (χ3v) is 123. The lowest BCUT2D eigenvalue weighted by Gasteiger charge is -2.55. The first kappa shape index (κ1) is 122. The maximum atomic E-state index is 12.8. The van der Waals surface area contributed by atoms with E-state index in [0.29, 0.717) is 35.5 Å². The van der Waals surface area contributed by atoms with Gasteiger partial charge in [0, 0.05) is 531 Å². The van der Waals surface area contributed by atoms with Crippen LogP contribution in [0.4, 0.5) is 0 Å². The van der Waals surface area contributed by atoms with Crippen molar-refractivity contribution in [2.24, 2.45) is 47.3 Å². The SMILES string of the molecule is C.C.CC[C@H](C)[C@@H]1C[C@H]2O[C@@H]3[C@H](C[C@H]2O1)O[C@]1(C[C@H](C)[C@H](C)[C@H](CC(=O)O)O1)C[C@@H]3C.CC[C@H](C)[C@@H]1C[C@H]2O[C@@H]3[C@H](C[C@H]2O1)O[C@]1(C[C@H](C)[C@H](C)[C@H](CC(=O)OCc2ccccc2)O1)C[C@@H]3C.S=S=S=S=S=S=S=S=S=S=S=S=S=S=S=S=S=S=S=S=S=S=S=S=S=S.S=S=S=S=S=S=S=S=S=S=S=S=S=S=S=S=S=S=S=S=S=S=S=S=S=S=S. The molecule has 0 saturated carbocycles. The Bertz CT molecular complexity index is 5840. The summed E-state index contributed by atoms with van der Waals surface area (Å²) in [5, 5.41) is 9.33. The monoisotopic (exact) mass is 2640 g/mol. The standard InChI is InChI=1S/C30H44O6.C23H38O6.2CH4.S27.S26/c1-6-18(2)23-12-26-25(33-23)13-27-29(34-26)20(4)16-30(36-27)15-19(3)21(5)24(35-30)14-28(31)32-17-22-10-8-7-9-11-22;1-6-12(2)16-7-19-18(26-16)8-20-22(27-19)14(4)11-23(29-20)10-13(3)15(5)17(28-23)9-21(24)25;;;1-3-5-7-9-11-13-15-17-19-21-23-25-27-26-24-22-20-18-16-14-12-10-8-6-4-2;1-3-5-7-9-11-13-15-17-19-21-23-25-26-24-22-20-18-16-14-12-10-8-6-4-2/h7-11,18-21,23-27,29H,6,12-17H2,1-5H3;12-20,22H,6-11H2,1-5H3,(H,24,25);2*1H4;;/t18-,19-,20-,21-,23-,24-,25+,26+,27-,29-,30+;12-,13-,14-,15-,16-,17-,18+,19+,20-,22-,23+;;;;/m00..../s1. The molecule has 120 heavy (non-hydrogen) atoms. The molecular formula is C55H90O12S53. The van der Waals surface area contributed by atoms with Gasteiger partial charge in [-0.3, -0.25) is 9.59 Å². The maximum absolute atomic E-state index is 12.8. The molecular weight excluding hydrogens is 2550 g/mol. The molecule has 0 radical (unpaired) electrons. The number of carboxylic acids is 1. The molecule has 8 aliphatic heterocycles. The number of benzene rings is 1. The number of esters is 1. The van der Waals surface area contributed by atoms with E-state index in [1.807, 2.05) is 181 Å². The molecule has 8 fully saturated rings. The summed E-state index contributed by atoms with van der Waals surface area (Å²) in [4.78, 5) is 24.1. The highest BCUT2D eigenvalue weighted by Gasteiger charge is 2.59. The lowest BCUT2D eigenvalue weighted by Crippen LogP contribution is -2.61. The fourth-order valence-electron chi connectivity index (χ4n) is 13.3. The number of rotatable bonds is 10. The second kappa shape index (κ2) is 75.4. The average molecular weight is 2640 g/mol. The van der Waals surface area contributed by atoms with Gasteiger partial charge >= 0.3 is 11.9 Å². The van der Waals surface area contributed by atoms with E-state index in [-0.39, 0.29) is 125 Å². The molecule has 65 heteroatoms. The van der Waals surface area contributed by atoms with Crippen LogP contribution in [0.25, 0.3) is 0 Å². The Morgan fingerprint density at radius 3 is 0.900 bits per heavy atom. The minimum absolute atomic E-state index is 0. The first-order chi connectivity index (χ1) is 57.3. The molecule has 8 aliphatic rings. The lowest BCUT2D eigenvalue weighted by atomic mass is 9.75. The maximum Gasteiger partial charge on any atom is 0.308 e. The van der Waals surface area contributed by atoms with Crippen LogP contribution in [0.1, 0.15) is 167 Å². The zero-order valence-electron chi connectivity index (χ0n) is 62.7. The first-order valence-corrected chi connectivity index (χ1v) is 102. The predicted octanol–water partition coefficient (Wildman–Crippen LogP) is 10.8. The molecule has 0 unspecified atom stereocenters. The molecule has 22 atom stereocenters. The number of aliphatic carboxylic acids is 1. The molecule has 9 rings (SSSR count). The van der Waals surface area contributed by atoms with E-state index in [9.17, 15) is 14.7 Å². The molecule has 8 heterocycles. The normalized spacial score (nSPS) is 28.5. The van der Waals surface area contributed by atoms with Gasteiger partial charge < -0.3 is 47.7 Å². The summed E-state index contributed by atoms with van der Waals surface area (Å²) < 4.78 is 58.1. The lowest BCUT2D eigenvalue weighted by molar-refractivity contribution is -0.369. The summed E-state index contributed by atoms with van der Waals surface area (Å²) in [6.45, 7) is 22.4. The van der Waals surface area contributed by atoms with Gasteiger partial charge in [0.1, 0.15) is 6.61 Å². The molecule has 0 aromatic heterocycles. The van der Waals surface area contributed by atoms with Gasteiger partial charge in [-0.25, -0.2) is 0 Å². The number of hydrogen-bond acceptors (Lipinski definition) is 15. The number of carbonyl (C=O) groups is 2. The molecule has 1 aromatic carbocycles. The third-order valence-electron chi connectivity index (χ3n) is 18.7. The fourth-order valence-corrected chi connectivity index (χ4v) is 137. The highest BCUT2D eigenvalue weighted by molar-refractivity contribution is 8.81. The Morgan fingerprint density at radius 2 is 0.633 bits per heavy atom. The van der Waals surface area contributed by atoms with Crippen molar-refractivity contribution in [3.63, 3.8) is 0 Å². The summed E-state index contributed by atoms with van der Waals surface area (Å²) in [5.41, 5.74) is 0.990. The molecule has 0 aliphatic carbocycles. The number of fused-ring (bicyclic) bond motifs is 4. The summed E-state index contributed by atoms with van der Waals surface area (Å²) in [5.74, 6) is 0.479. The van der Waals surface area contributed by atoms with E-state index in [4.69, 9.17) is 87.4 Å². The van der Waals surface area contributed by atoms with Crippen molar-refractivity contribution in [2.45, 2.75) is 253 Å². The molecule has 1 aromatic rings. The molecule has 12 nitrogen and oxygen atoms in total. The molecule has 1 N–H and O–H groups in total. The summed E-state index contributed by atoms with van der Waals surface area (Å²) in [7, 11) is 85.4. The Hall–Kier alpha value is 9.50. The molecule has 700 valence electrons. The van der Waals surface area contributed by atoms with Crippen LogP contribution in [-0.4, -0.2) is 102 Å². The van der Waals surface area contributed by atoms with Crippen LogP contribution >= 0.6 is 0 Å². The van der Waals surface area contributed by atoms with Crippen LogP contribution in [0.5, 0.6) is 0 Å². The highest BCUT2D eigenvalue weighted by atomic mass is 33.5. The topological polar surface area (TPSA) is 137 Å². The summed E-state index contributed by atoms with van der Waals surface area (Å²) in [6, 6.07) is 9.80.